The molecule has 0 aliphatic carbocycles. The van der Waals surface area contributed by atoms with E-state index in [1.807, 2.05) is 19.1 Å². The van der Waals surface area contributed by atoms with Gasteiger partial charge in [-0.05, 0) is 25.1 Å². The second kappa shape index (κ2) is 5.43. The van der Waals surface area contributed by atoms with Crippen molar-refractivity contribution >= 4 is 11.4 Å². The molecule has 7 nitrogen and oxygen atoms in total. The Labute approximate surface area is 114 Å². The molecule has 0 aliphatic heterocycles. The Morgan fingerprint density at radius 3 is 2.45 bits per heavy atom. The Kier molecular flexibility index (Phi) is 3.69. The van der Waals surface area contributed by atoms with Gasteiger partial charge in [0.15, 0.2) is 0 Å². The molecule has 0 radical (unpaired) electrons. The largest absolute Gasteiger partial charge is 0.279 e. The zero-order valence-corrected chi connectivity index (χ0v) is 10.6. The zero-order valence-electron chi connectivity index (χ0n) is 10.6. The summed E-state index contributed by atoms with van der Waals surface area (Å²) in [6.45, 7) is 1.83. The van der Waals surface area contributed by atoms with Gasteiger partial charge in [-0.15, -0.1) is 0 Å². The lowest BCUT2D eigenvalue weighted by atomic mass is 10.1. The first-order valence-electron chi connectivity index (χ1n) is 5.81. The number of aromatic nitrogens is 1. The number of pyridine rings is 1. The molecule has 0 aliphatic rings. The van der Waals surface area contributed by atoms with Crippen molar-refractivity contribution in [1.29, 1.82) is 0 Å². The highest BCUT2D eigenvalue weighted by Crippen LogP contribution is 2.26. The summed E-state index contributed by atoms with van der Waals surface area (Å²) in [5.74, 6) is 0. The third-order valence-corrected chi connectivity index (χ3v) is 2.79. The summed E-state index contributed by atoms with van der Waals surface area (Å²) in [6.07, 6.45) is 0.260. The van der Waals surface area contributed by atoms with Gasteiger partial charge in [-0.3, -0.25) is 25.2 Å². The molecule has 1 heterocycles. The van der Waals surface area contributed by atoms with Gasteiger partial charge in [0.2, 0.25) is 0 Å². The number of nitro groups is 2. The molecule has 0 amide bonds. The lowest BCUT2D eigenvalue weighted by Crippen LogP contribution is -2.00. The van der Waals surface area contributed by atoms with Crippen molar-refractivity contribution < 1.29 is 9.85 Å². The van der Waals surface area contributed by atoms with Gasteiger partial charge in [0.1, 0.15) is 0 Å². The summed E-state index contributed by atoms with van der Waals surface area (Å²) in [5.41, 5.74) is 1.34. The third-order valence-electron chi connectivity index (χ3n) is 2.79. The summed E-state index contributed by atoms with van der Waals surface area (Å²) < 4.78 is 0. The van der Waals surface area contributed by atoms with Gasteiger partial charge >= 0.3 is 0 Å². The molecule has 20 heavy (non-hydrogen) atoms. The number of aryl methyl sites for hydroxylation is 1. The van der Waals surface area contributed by atoms with Gasteiger partial charge in [-0.25, -0.2) is 0 Å². The van der Waals surface area contributed by atoms with Crippen molar-refractivity contribution in [3.05, 3.63) is 73.6 Å². The SMILES string of the molecule is Cc1cccc(Cc2ccc([N+](=O)[O-])cc2[N+](=O)[O-])n1. The first-order valence-corrected chi connectivity index (χ1v) is 5.81. The topological polar surface area (TPSA) is 99.2 Å². The van der Waals surface area contributed by atoms with Crippen molar-refractivity contribution in [2.75, 3.05) is 0 Å². The van der Waals surface area contributed by atoms with Crippen molar-refractivity contribution in [3.63, 3.8) is 0 Å². The number of benzene rings is 1. The highest BCUT2D eigenvalue weighted by Gasteiger charge is 2.19. The molecule has 102 valence electrons. The van der Waals surface area contributed by atoms with Crippen molar-refractivity contribution in [1.82, 2.24) is 4.98 Å². The molecule has 0 saturated carbocycles. The van der Waals surface area contributed by atoms with E-state index in [0.29, 0.717) is 11.3 Å². The van der Waals surface area contributed by atoms with Crippen LogP contribution in [0, 0.1) is 27.2 Å². The summed E-state index contributed by atoms with van der Waals surface area (Å²) in [6, 6.07) is 9.05. The van der Waals surface area contributed by atoms with Crippen molar-refractivity contribution in [2.24, 2.45) is 0 Å². The van der Waals surface area contributed by atoms with Crippen LogP contribution in [0.4, 0.5) is 11.4 Å². The van der Waals surface area contributed by atoms with Crippen LogP contribution in [0.5, 0.6) is 0 Å². The molecule has 0 unspecified atom stereocenters. The molecule has 0 fully saturated rings. The van der Waals surface area contributed by atoms with E-state index < -0.39 is 9.85 Å². The van der Waals surface area contributed by atoms with E-state index in [-0.39, 0.29) is 17.8 Å². The van der Waals surface area contributed by atoms with Crippen LogP contribution in [-0.2, 0) is 6.42 Å². The maximum Gasteiger partial charge on any atom is 0.279 e. The summed E-state index contributed by atoms with van der Waals surface area (Å²) in [7, 11) is 0. The van der Waals surface area contributed by atoms with Gasteiger partial charge in [0.05, 0.1) is 15.9 Å². The normalized spacial score (nSPS) is 10.2. The summed E-state index contributed by atoms with van der Waals surface area (Å²) in [4.78, 5) is 24.7. The first-order chi connectivity index (χ1) is 9.47. The van der Waals surface area contributed by atoms with E-state index in [1.165, 1.54) is 12.1 Å². The maximum absolute atomic E-state index is 11.0. The minimum absolute atomic E-state index is 0.260. The van der Waals surface area contributed by atoms with Gasteiger partial charge < -0.3 is 0 Å². The Hall–Kier alpha value is -2.83. The maximum atomic E-state index is 11.0. The van der Waals surface area contributed by atoms with E-state index >= 15 is 0 Å². The summed E-state index contributed by atoms with van der Waals surface area (Å²) >= 11 is 0. The minimum Gasteiger partial charge on any atom is -0.258 e. The highest BCUT2D eigenvalue weighted by molar-refractivity contribution is 5.50. The molecule has 1 aromatic carbocycles. The molecule has 0 bridgehead atoms. The fourth-order valence-corrected chi connectivity index (χ4v) is 1.88. The fraction of sp³-hybridized carbons (Fsp3) is 0.154. The Bertz CT molecular complexity index is 685. The standard InChI is InChI=1S/C13H11N3O4/c1-9-3-2-4-11(14-9)7-10-5-6-12(15(17)18)8-13(10)16(19)20/h2-6,8H,7H2,1H3. The van der Waals surface area contributed by atoms with Crippen LogP contribution in [0.3, 0.4) is 0 Å². The van der Waals surface area contributed by atoms with Crippen LogP contribution in [0.15, 0.2) is 36.4 Å². The fourth-order valence-electron chi connectivity index (χ4n) is 1.88. The second-order valence-electron chi connectivity index (χ2n) is 4.27. The predicted octanol–water partition coefficient (Wildman–Crippen LogP) is 2.80. The average Bonchev–Trinajstić information content (AvgIpc) is 2.38. The van der Waals surface area contributed by atoms with Crippen LogP contribution >= 0.6 is 0 Å². The molecule has 2 rings (SSSR count). The Balaban J connectivity index is 2.41. The van der Waals surface area contributed by atoms with Gasteiger partial charge in [-0.2, -0.15) is 0 Å². The smallest absolute Gasteiger partial charge is 0.258 e. The van der Waals surface area contributed by atoms with E-state index in [4.69, 9.17) is 0 Å². The van der Waals surface area contributed by atoms with Crippen LogP contribution in [-0.4, -0.2) is 14.8 Å². The quantitative estimate of drug-likeness (QED) is 0.629. The Morgan fingerprint density at radius 1 is 1.10 bits per heavy atom. The van der Waals surface area contributed by atoms with E-state index in [0.717, 1.165) is 11.8 Å². The number of hydrogen-bond donors (Lipinski definition) is 0. The number of non-ortho nitro benzene ring substituents is 1. The van der Waals surface area contributed by atoms with Crippen LogP contribution < -0.4 is 0 Å². The van der Waals surface area contributed by atoms with Crippen LogP contribution in [0.1, 0.15) is 17.0 Å². The molecule has 0 spiro atoms. The van der Waals surface area contributed by atoms with Gasteiger partial charge in [0, 0.05) is 29.4 Å². The molecule has 1 aromatic heterocycles. The highest BCUT2D eigenvalue weighted by atomic mass is 16.6. The van der Waals surface area contributed by atoms with Crippen molar-refractivity contribution in [3.8, 4) is 0 Å². The van der Waals surface area contributed by atoms with Crippen molar-refractivity contribution in [2.45, 2.75) is 13.3 Å². The number of rotatable bonds is 4. The monoisotopic (exact) mass is 273 g/mol. The summed E-state index contributed by atoms with van der Waals surface area (Å²) in [5, 5.41) is 21.7. The Morgan fingerprint density at radius 2 is 1.85 bits per heavy atom. The molecule has 7 heteroatoms. The van der Waals surface area contributed by atoms with E-state index in [1.54, 1.807) is 6.07 Å². The van der Waals surface area contributed by atoms with Crippen LogP contribution in [0.2, 0.25) is 0 Å². The van der Waals surface area contributed by atoms with Crippen LogP contribution in [0.25, 0.3) is 0 Å². The number of nitrogens with zero attached hydrogens (tertiary/aromatic N) is 3. The molecule has 0 N–H and O–H groups in total. The first kappa shape index (κ1) is 13.6. The lowest BCUT2D eigenvalue weighted by Gasteiger charge is -2.03. The molecule has 0 atom stereocenters. The van der Waals surface area contributed by atoms with Gasteiger partial charge in [-0.1, -0.05) is 6.07 Å². The average molecular weight is 273 g/mol. The third kappa shape index (κ3) is 2.94. The van der Waals surface area contributed by atoms with E-state index in [2.05, 4.69) is 4.98 Å². The molecular formula is C13H11N3O4. The molecule has 2 aromatic rings. The second-order valence-corrected chi connectivity index (χ2v) is 4.27. The minimum atomic E-state index is -0.651. The zero-order chi connectivity index (χ0) is 14.7. The molecular weight excluding hydrogens is 262 g/mol. The lowest BCUT2D eigenvalue weighted by molar-refractivity contribution is -0.394. The van der Waals surface area contributed by atoms with E-state index in [9.17, 15) is 20.2 Å². The number of hydrogen-bond acceptors (Lipinski definition) is 5. The number of nitro benzene ring substituents is 2. The van der Waals surface area contributed by atoms with Gasteiger partial charge in [0.25, 0.3) is 11.4 Å². The predicted molar refractivity (Wildman–Crippen MR) is 71.5 cm³/mol. The molecule has 0 saturated heterocycles.